The van der Waals surface area contributed by atoms with Crippen LogP contribution < -0.4 is 5.32 Å². The maximum Gasteiger partial charge on any atom is 0.416 e. The summed E-state index contributed by atoms with van der Waals surface area (Å²) in [5.41, 5.74) is 0.630. The second-order valence-corrected chi connectivity index (χ2v) is 10.8. The van der Waals surface area contributed by atoms with E-state index in [4.69, 9.17) is 0 Å². The number of nitrogens with one attached hydrogen (secondary N) is 2. The van der Waals surface area contributed by atoms with Gasteiger partial charge in [0.25, 0.3) is 15.9 Å². The summed E-state index contributed by atoms with van der Waals surface area (Å²) in [7, 11) is -3.72. The van der Waals surface area contributed by atoms with Crippen LogP contribution in [-0.4, -0.2) is 47.7 Å². The largest absolute Gasteiger partial charge is 0.416 e. The number of amides is 1. The lowest BCUT2D eigenvalue weighted by atomic mass is 9.71. The molecule has 0 radical (unpaired) electrons. The zero-order chi connectivity index (χ0) is 24.8. The van der Waals surface area contributed by atoms with Gasteiger partial charge in [-0.15, -0.1) is 0 Å². The van der Waals surface area contributed by atoms with E-state index in [2.05, 4.69) is 15.3 Å². The van der Waals surface area contributed by atoms with Gasteiger partial charge in [-0.1, -0.05) is 30.3 Å². The van der Waals surface area contributed by atoms with Gasteiger partial charge in [-0.3, -0.25) is 4.79 Å². The number of piperidine rings is 1. The van der Waals surface area contributed by atoms with Crippen molar-refractivity contribution in [2.45, 2.75) is 41.9 Å². The fourth-order valence-corrected chi connectivity index (χ4v) is 6.66. The minimum atomic E-state index is -4.55. The number of hydrogen-bond donors (Lipinski definition) is 2. The summed E-state index contributed by atoms with van der Waals surface area (Å²) in [6.45, 7) is 0.483. The van der Waals surface area contributed by atoms with Gasteiger partial charge < -0.3 is 10.3 Å². The zero-order valence-electron chi connectivity index (χ0n) is 18.5. The van der Waals surface area contributed by atoms with E-state index in [9.17, 15) is 26.4 Å². The fourth-order valence-electron chi connectivity index (χ4n) is 5.32. The van der Waals surface area contributed by atoms with Crippen molar-refractivity contribution >= 4 is 15.9 Å². The molecule has 184 valence electrons. The number of nitrogens with zero attached hydrogens (tertiary/aromatic N) is 2. The average Bonchev–Trinajstić information content (AvgIpc) is 3.48. The molecule has 1 aromatic heterocycles. The lowest BCUT2D eigenvalue weighted by Crippen LogP contribution is -2.54. The SMILES string of the molecule is O=C(NC1Cc2ccccc2C12CCN(S(=O)(=O)c1cnc[nH]1)CC2)c1cccc(C(F)(F)F)c1. The Balaban J connectivity index is 1.41. The smallest absolute Gasteiger partial charge is 0.348 e. The molecule has 35 heavy (non-hydrogen) atoms. The minimum absolute atomic E-state index is 0.0228. The van der Waals surface area contributed by atoms with E-state index >= 15 is 0 Å². The maximum absolute atomic E-state index is 13.1. The highest BCUT2D eigenvalue weighted by Crippen LogP contribution is 2.47. The number of sulfonamides is 1. The van der Waals surface area contributed by atoms with Gasteiger partial charge in [0.15, 0.2) is 5.03 Å². The van der Waals surface area contributed by atoms with Gasteiger partial charge >= 0.3 is 6.18 Å². The van der Waals surface area contributed by atoms with Crippen LogP contribution in [0.15, 0.2) is 66.1 Å². The first kappa shape index (κ1) is 23.6. The van der Waals surface area contributed by atoms with Gasteiger partial charge in [0, 0.05) is 30.1 Å². The van der Waals surface area contributed by atoms with Crippen molar-refractivity contribution in [1.82, 2.24) is 19.6 Å². The van der Waals surface area contributed by atoms with Crippen molar-refractivity contribution in [1.29, 1.82) is 0 Å². The highest BCUT2D eigenvalue weighted by molar-refractivity contribution is 7.89. The molecule has 1 atom stereocenters. The zero-order valence-corrected chi connectivity index (χ0v) is 19.4. The average molecular weight is 505 g/mol. The van der Waals surface area contributed by atoms with Crippen LogP contribution in [0, 0.1) is 0 Å². The Labute approximate surface area is 200 Å². The quantitative estimate of drug-likeness (QED) is 0.569. The second kappa shape index (κ2) is 8.49. The van der Waals surface area contributed by atoms with E-state index in [0.717, 1.165) is 23.3 Å². The molecule has 1 unspecified atom stereocenters. The molecule has 7 nitrogen and oxygen atoms in total. The van der Waals surface area contributed by atoms with Gasteiger partial charge in [0.1, 0.15) is 0 Å². The molecule has 2 aliphatic rings. The number of hydrogen-bond acceptors (Lipinski definition) is 4. The van der Waals surface area contributed by atoms with Crippen molar-refractivity contribution in [2.24, 2.45) is 0 Å². The molecule has 0 saturated carbocycles. The number of aromatic amines is 1. The van der Waals surface area contributed by atoms with Gasteiger partial charge in [-0.25, -0.2) is 13.4 Å². The molecule has 1 aliphatic carbocycles. The standard InChI is InChI=1S/C24H23F3N4O3S/c25-24(26,27)18-6-3-5-17(12-18)22(32)30-20-13-16-4-1-2-7-19(16)23(20)8-10-31(11-9-23)35(33,34)21-14-28-15-29-21/h1-7,12,14-15,20H,8-11,13H2,(H,28,29)(H,30,32). The summed E-state index contributed by atoms with van der Waals surface area (Å²) in [5, 5.41) is 2.99. The number of rotatable bonds is 4. The molecule has 1 fully saturated rings. The fraction of sp³-hybridized carbons (Fsp3) is 0.333. The third-order valence-corrected chi connectivity index (χ3v) is 8.93. The molecule has 1 amide bonds. The summed E-state index contributed by atoms with van der Waals surface area (Å²) < 4.78 is 66.7. The van der Waals surface area contributed by atoms with E-state index < -0.39 is 33.1 Å². The van der Waals surface area contributed by atoms with E-state index in [-0.39, 0.29) is 29.7 Å². The number of aromatic nitrogens is 2. The van der Waals surface area contributed by atoms with Crippen molar-refractivity contribution < 1.29 is 26.4 Å². The van der Waals surface area contributed by atoms with Crippen LogP contribution in [0.25, 0.3) is 0 Å². The van der Waals surface area contributed by atoms with Crippen molar-refractivity contribution in [2.75, 3.05) is 13.1 Å². The lowest BCUT2D eigenvalue weighted by molar-refractivity contribution is -0.137. The van der Waals surface area contributed by atoms with Gasteiger partial charge in [0.2, 0.25) is 0 Å². The van der Waals surface area contributed by atoms with Crippen molar-refractivity contribution in [3.05, 3.63) is 83.3 Å². The van der Waals surface area contributed by atoms with E-state index in [1.165, 1.54) is 29.0 Å². The number of carbonyl (C=O) groups excluding carboxylic acids is 1. The Hall–Kier alpha value is -3.18. The number of fused-ring (bicyclic) bond motifs is 2. The molecule has 1 saturated heterocycles. The van der Waals surface area contributed by atoms with Crippen LogP contribution in [-0.2, 0) is 28.0 Å². The minimum Gasteiger partial charge on any atom is -0.348 e. The molecule has 2 heterocycles. The number of benzene rings is 2. The first-order valence-corrected chi connectivity index (χ1v) is 12.6. The predicted octanol–water partition coefficient (Wildman–Crippen LogP) is 3.51. The molecule has 0 bridgehead atoms. The van der Waals surface area contributed by atoms with Crippen molar-refractivity contribution in [3.63, 3.8) is 0 Å². The maximum atomic E-state index is 13.1. The summed E-state index contributed by atoms with van der Waals surface area (Å²) >= 11 is 0. The van der Waals surface area contributed by atoms with Crippen molar-refractivity contribution in [3.8, 4) is 0 Å². The Morgan fingerprint density at radius 2 is 1.86 bits per heavy atom. The van der Waals surface area contributed by atoms with Crippen LogP contribution in [0.5, 0.6) is 0 Å². The molecule has 2 N–H and O–H groups in total. The molecular formula is C24H23F3N4O3S. The molecule has 3 aromatic rings. The van der Waals surface area contributed by atoms with Crippen LogP contribution in [0.1, 0.15) is 39.9 Å². The lowest BCUT2D eigenvalue weighted by Gasteiger charge is -2.43. The number of H-pyrrole nitrogens is 1. The highest BCUT2D eigenvalue weighted by atomic mass is 32.2. The van der Waals surface area contributed by atoms with E-state index in [0.29, 0.717) is 19.3 Å². The van der Waals surface area contributed by atoms with E-state index in [1.807, 2.05) is 24.3 Å². The predicted molar refractivity (Wildman–Crippen MR) is 121 cm³/mol. The third-order valence-electron chi connectivity index (χ3n) is 7.11. The van der Waals surface area contributed by atoms with Crippen LogP contribution in [0.3, 0.4) is 0 Å². The molecule has 1 aliphatic heterocycles. The second-order valence-electron chi connectivity index (χ2n) is 8.94. The molecule has 1 spiro atoms. The Kier molecular flexibility index (Phi) is 5.71. The van der Waals surface area contributed by atoms with E-state index in [1.54, 1.807) is 0 Å². The van der Waals surface area contributed by atoms with Gasteiger partial charge in [-0.05, 0) is 48.6 Å². The Bertz CT molecular complexity index is 1350. The monoisotopic (exact) mass is 504 g/mol. The molecule has 5 rings (SSSR count). The van der Waals surface area contributed by atoms with Crippen LogP contribution in [0.2, 0.25) is 0 Å². The number of carbonyl (C=O) groups is 1. The summed E-state index contributed by atoms with van der Waals surface area (Å²) in [4.78, 5) is 19.5. The summed E-state index contributed by atoms with van der Waals surface area (Å²) in [5.74, 6) is -0.583. The molecular weight excluding hydrogens is 481 g/mol. The molecule has 11 heteroatoms. The normalized spacial score (nSPS) is 20.0. The highest BCUT2D eigenvalue weighted by Gasteiger charge is 2.50. The first-order chi connectivity index (χ1) is 16.6. The Morgan fingerprint density at radius 3 is 2.54 bits per heavy atom. The third kappa shape index (κ3) is 4.12. The number of halogens is 3. The van der Waals surface area contributed by atoms with Gasteiger partial charge in [0.05, 0.1) is 18.1 Å². The van der Waals surface area contributed by atoms with Crippen LogP contribution >= 0.6 is 0 Å². The first-order valence-electron chi connectivity index (χ1n) is 11.2. The Morgan fingerprint density at radius 1 is 1.11 bits per heavy atom. The number of alkyl halides is 3. The van der Waals surface area contributed by atoms with Crippen LogP contribution in [0.4, 0.5) is 13.2 Å². The summed E-state index contributed by atoms with van der Waals surface area (Å²) in [6, 6.07) is 11.8. The topological polar surface area (TPSA) is 95.2 Å². The summed E-state index contributed by atoms with van der Waals surface area (Å²) in [6.07, 6.45) is -0.522. The van der Waals surface area contributed by atoms with Gasteiger partial charge in [-0.2, -0.15) is 17.5 Å². The number of imidazole rings is 1. The molecule has 2 aromatic carbocycles.